The maximum atomic E-state index is 2.64. The molecule has 1 rings (SSSR count). The first kappa shape index (κ1) is 25.0. The molecule has 27 heavy (non-hydrogen) atoms. The molecule has 1 aliphatic rings. The van der Waals surface area contributed by atoms with E-state index in [2.05, 4.69) is 90.0 Å². The summed E-state index contributed by atoms with van der Waals surface area (Å²) in [6.07, 6.45) is 4.21. The molecule has 1 saturated carbocycles. The second kappa shape index (κ2) is 9.21. The van der Waals surface area contributed by atoms with E-state index in [0.717, 1.165) is 53.3 Å². The average Bonchev–Trinajstić information content (AvgIpc) is 3.34. The van der Waals surface area contributed by atoms with Gasteiger partial charge in [0.2, 0.25) is 0 Å². The predicted octanol–water partition coefficient (Wildman–Crippen LogP) is 8.95. The molecule has 0 aromatic rings. The molecule has 0 aromatic carbocycles. The third kappa shape index (κ3) is 5.14. The Kier molecular flexibility index (Phi) is 8.54. The lowest BCUT2D eigenvalue weighted by molar-refractivity contribution is -0.0280. The van der Waals surface area contributed by atoms with Crippen LogP contribution in [0.3, 0.4) is 0 Å². The van der Waals surface area contributed by atoms with Crippen molar-refractivity contribution in [3.63, 3.8) is 0 Å². The fourth-order valence-electron chi connectivity index (χ4n) is 6.80. The van der Waals surface area contributed by atoms with Crippen LogP contribution in [-0.4, -0.2) is 0 Å². The zero-order valence-corrected chi connectivity index (χ0v) is 21.3. The topological polar surface area (TPSA) is 0 Å². The van der Waals surface area contributed by atoms with Crippen molar-refractivity contribution in [1.82, 2.24) is 0 Å². The molecule has 0 nitrogen and oxygen atoms in total. The largest absolute Gasteiger partial charge is 0.0648 e. The van der Waals surface area contributed by atoms with E-state index in [4.69, 9.17) is 0 Å². The second-order valence-corrected chi connectivity index (χ2v) is 12.1. The third-order valence-electron chi connectivity index (χ3n) is 10.1. The summed E-state index contributed by atoms with van der Waals surface area (Å²) in [5.41, 5.74) is 1.04. The molecule has 0 aliphatic heterocycles. The number of rotatable bonds is 11. The standard InChI is InChI=1S/C27H54/c1-14-27(13,25(18(4)5)26(12)15-16-26)24(11)23(10)22(9)21(8)20(7)19(6)17(2)3/h17-25H,14-16H2,1-13H3. The molecule has 0 aromatic heterocycles. The van der Waals surface area contributed by atoms with E-state index in [1.807, 2.05) is 0 Å². The molecule has 0 saturated heterocycles. The fraction of sp³-hybridized carbons (Fsp3) is 1.00. The van der Waals surface area contributed by atoms with E-state index in [0.29, 0.717) is 10.8 Å². The third-order valence-corrected chi connectivity index (χ3v) is 10.1. The maximum Gasteiger partial charge on any atom is -0.0264 e. The Morgan fingerprint density at radius 3 is 1.41 bits per heavy atom. The molecule has 0 radical (unpaired) electrons. The average molecular weight is 379 g/mol. The lowest BCUT2D eigenvalue weighted by atomic mass is 9.54. The Bertz CT molecular complexity index is 443. The van der Waals surface area contributed by atoms with Crippen LogP contribution < -0.4 is 0 Å². The van der Waals surface area contributed by atoms with E-state index in [9.17, 15) is 0 Å². The van der Waals surface area contributed by atoms with Gasteiger partial charge in [-0.2, -0.15) is 0 Å². The summed E-state index contributed by atoms with van der Waals surface area (Å²) in [4.78, 5) is 0. The summed E-state index contributed by atoms with van der Waals surface area (Å²) in [5.74, 6) is 7.12. The van der Waals surface area contributed by atoms with Crippen molar-refractivity contribution < 1.29 is 0 Å². The molecule has 8 unspecified atom stereocenters. The van der Waals surface area contributed by atoms with Gasteiger partial charge in [-0.1, -0.05) is 96.4 Å². The van der Waals surface area contributed by atoms with E-state index in [1.165, 1.54) is 19.3 Å². The summed E-state index contributed by atoms with van der Waals surface area (Å²) in [7, 11) is 0. The Hall–Kier alpha value is 0. The van der Waals surface area contributed by atoms with Gasteiger partial charge >= 0.3 is 0 Å². The molecule has 0 spiro atoms. The highest BCUT2D eigenvalue weighted by Gasteiger charge is 2.55. The molecule has 0 bridgehead atoms. The SMILES string of the molecule is CCC(C)(C(C)C(C)C(C)C(C)C(C)C(C)C(C)C)C(C(C)C)C1(C)CC1. The smallest absolute Gasteiger partial charge is 0.0264 e. The van der Waals surface area contributed by atoms with Gasteiger partial charge in [-0.15, -0.1) is 0 Å². The first-order chi connectivity index (χ1) is 12.2. The van der Waals surface area contributed by atoms with Gasteiger partial charge in [0, 0.05) is 0 Å². The van der Waals surface area contributed by atoms with Crippen molar-refractivity contribution in [3.05, 3.63) is 0 Å². The van der Waals surface area contributed by atoms with E-state index in [-0.39, 0.29) is 0 Å². The summed E-state index contributed by atoms with van der Waals surface area (Å²) in [6, 6.07) is 0. The zero-order valence-electron chi connectivity index (χ0n) is 21.3. The first-order valence-electron chi connectivity index (χ1n) is 12.2. The molecule has 1 aliphatic carbocycles. The minimum atomic E-state index is 0.444. The van der Waals surface area contributed by atoms with Gasteiger partial charge in [-0.25, -0.2) is 0 Å². The molecule has 8 atom stereocenters. The second-order valence-electron chi connectivity index (χ2n) is 12.1. The van der Waals surface area contributed by atoms with Gasteiger partial charge in [-0.05, 0) is 76.9 Å². The predicted molar refractivity (Wildman–Crippen MR) is 124 cm³/mol. The van der Waals surface area contributed by atoms with E-state index >= 15 is 0 Å². The number of hydrogen-bond donors (Lipinski definition) is 0. The van der Waals surface area contributed by atoms with E-state index in [1.54, 1.807) is 0 Å². The van der Waals surface area contributed by atoms with Crippen LogP contribution in [0.2, 0.25) is 0 Å². The first-order valence-corrected chi connectivity index (χ1v) is 12.2. The van der Waals surface area contributed by atoms with E-state index < -0.39 is 0 Å². The molecule has 0 N–H and O–H groups in total. The van der Waals surface area contributed by atoms with Crippen LogP contribution in [0.15, 0.2) is 0 Å². The van der Waals surface area contributed by atoms with Crippen molar-refractivity contribution in [2.75, 3.05) is 0 Å². The monoisotopic (exact) mass is 378 g/mol. The van der Waals surface area contributed by atoms with Gasteiger partial charge in [-0.3, -0.25) is 0 Å². The summed E-state index contributed by atoms with van der Waals surface area (Å²) in [6.45, 7) is 32.6. The summed E-state index contributed by atoms with van der Waals surface area (Å²) >= 11 is 0. The van der Waals surface area contributed by atoms with Gasteiger partial charge in [0.15, 0.2) is 0 Å². The number of hydrogen-bond acceptors (Lipinski definition) is 0. The van der Waals surface area contributed by atoms with Gasteiger partial charge in [0.05, 0.1) is 0 Å². The van der Waals surface area contributed by atoms with Crippen molar-refractivity contribution in [3.8, 4) is 0 Å². The summed E-state index contributed by atoms with van der Waals surface area (Å²) in [5, 5.41) is 0. The van der Waals surface area contributed by atoms with Gasteiger partial charge in [0.1, 0.15) is 0 Å². The Labute approximate surface area is 173 Å². The van der Waals surface area contributed by atoms with Crippen LogP contribution in [-0.2, 0) is 0 Å². The van der Waals surface area contributed by atoms with Crippen LogP contribution in [0.1, 0.15) is 109 Å². The molecule has 1 fully saturated rings. The molecular formula is C27H54. The normalized spacial score (nSPS) is 26.8. The van der Waals surface area contributed by atoms with Crippen LogP contribution in [0, 0.1) is 64.1 Å². The highest BCUT2D eigenvalue weighted by atomic mass is 14.6. The maximum absolute atomic E-state index is 2.64. The van der Waals surface area contributed by atoms with Crippen LogP contribution in [0.5, 0.6) is 0 Å². The Balaban J connectivity index is 3.03. The Morgan fingerprint density at radius 1 is 0.667 bits per heavy atom. The lowest BCUT2D eigenvalue weighted by Crippen LogP contribution is -2.45. The zero-order chi connectivity index (χ0) is 21.3. The van der Waals surface area contributed by atoms with Crippen molar-refractivity contribution >= 4 is 0 Å². The van der Waals surface area contributed by atoms with Crippen LogP contribution >= 0.6 is 0 Å². The van der Waals surface area contributed by atoms with Crippen LogP contribution in [0.4, 0.5) is 0 Å². The van der Waals surface area contributed by atoms with Crippen LogP contribution in [0.25, 0.3) is 0 Å². The summed E-state index contributed by atoms with van der Waals surface area (Å²) < 4.78 is 0. The molecule has 0 heteroatoms. The molecule has 0 heterocycles. The molecule has 162 valence electrons. The lowest BCUT2D eigenvalue weighted by Gasteiger charge is -2.51. The Morgan fingerprint density at radius 2 is 1.07 bits per heavy atom. The van der Waals surface area contributed by atoms with Crippen molar-refractivity contribution in [2.24, 2.45) is 64.1 Å². The quantitative estimate of drug-likeness (QED) is 0.336. The fourth-order valence-corrected chi connectivity index (χ4v) is 6.80. The minimum absolute atomic E-state index is 0.444. The highest BCUT2D eigenvalue weighted by molar-refractivity contribution is 5.04. The van der Waals surface area contributed by atoms with Crippen molar-refractivity contribution in [1.29, 1.82) is 0 Å². The highest BCUT2D eigenvalue weighted by Crippen LogP contribution is 2.63. The molecular weight excluding hydrogens is 324 g/mol. The van der Waals surface area contributed by atoms with Crippen molar-refractivity contribution in [2.45, 2.75) is 109 Å². The van der Waals surface area contributed by atoms with Gasteiger partial charge in [0.25, 0.3) is 0 Å². The molecule has 0 amide bonds. The minimum Gasteiger partial charge on any atom is -0.0648 e. The van der Waals surface area contributed by atoms with Gasteiger partial charge < -0.3 is 0 Å².